The zero-order chi connectivity index (χ0) is 26.1. The molecule has 0 saturated carbocycles. The Morgan fingerprint density at radius 2 is 1.61 bits per heavy atom. The maximum atomic E-state index is 13.7. The SMILES string of the molecule is CCC(C)NC(=O)C(Cc1ccccc1)N(Cc1ccc(F)cc1)C(=O)Cc1ccccc1[N+](=O)[O-]. The van der Waals surface area contributed by atoms with Gasteiger partial charge in [0.25, 0.3) is 5.69 Å². The van der Waals surface area contributed by atoms with Crippen LogP contribution in [-0.4, -0.2) is 33.7 Å². The molecule has 0 spiro atoms. The maximum Gasteiger partial charge on any atom is 0.273 e. The minimum Gasteiger partial charge on any atom is -0.352 e. The van der Waals surface area contributed by atoms with Crippen LogP contribution in [0.1, 0.15) is 37.0 Å². The number of nitro benzene ring substituents is 1. The number of para-hydroxylation sites is 1. The molecule has 0 heterocycles. The number of rotatable bonds is 11. The molecule has 2 amide bonds. The van der Waals surface area contributed by atoms with Crippen molar-refractivity contribution in [3.63, 3.8) is 0 Å². The second-order valence-corrected chi connectivity index (χ2v) is 8.73. The first kappa shape index (κ1) is 26.5. The first-order valence-electron chi connectivity index (χ1n) is 11.9. The molecule has 7 nitrogen and oxygen atoms in total. The lowest BCUT2D eigenvalue weighted by molar-refractivity contribution is -0.385. The second kappa shape index (κ2) is 12.6. The Morgan fingerprint density at radius 1 is 0.972 bits per heavy atom. The average Bonchev–Trinajstić information content (AvgIpc) is 2.87. The van der Waals surface area contributed by atoms with Crippen molar-refractivity contribution >= 4 is 17.5 Å². The minimum absolute atomic E-state index is 0.0468. The molecule has 8 heteroatoms. The Balaban J connectivity index is 2.01. The second-order valence-electron chi connectivity index (χ2n) is 8.73. The van der Waals surface area contributed by atoms with Crippen molar-refractivity contribution in [1.29, 1.82) is 0 Å². The molecule has 2 atom stereocenters. The zero-order valence-electron chi connectivity index (χ0n) is 20.4. The third kappa shape index (κ3) is 7.21. The average molecular weight is 492 g/mol. The Kier molecular flexibility index (Phi) is 9.27. The number of nitrogens with zero attached hydrogens (tertiary/aromatic N) is 2. The van der Waals surface area contributed by atoms with E-state index in [0.29, 0.717) is 12.0 Å². The van der Waals surface area contributed by atoms with Gasteiger partial charge in [-0.25, -0.2) is 4.39 Å². The van der Waals surface area contributed by atoms with Gasteiger partial charge in [0.2, 0.25) is 11.8 Å². The van der Waals surface area contributed by atoms with Gasteiger partial charge in [-0.2, -0.15) is 0 Å². The standard InChI is InChI=1S/C28H30FN3O4/c1-3-20(2)30-28(34)26(17-21-9-5-4-6-10-21)31(19-22-13-15-24(29)16-14-22)27(33)18-23-11-7-8-12-25(23)32(35)36/h4-16,20,26H,3,17-19H2,1-2H3,(H,30,34). The summed E-state index contributed by atoms with van der Waals surface area (Å²) in [7, 11) is 0. The minimum atomic E-state index is -0.873. The predicted octanol–water partition coefficient (Wildman–Crippen LogP) is 4.83. The number of benzene rings is 3. The molecule has 2 unspecified atom stereocenters. The normalized spacial score (nSPS) is 12.4. The maximum absolute atomic E-state index is 13.7. The molecule has 1 N–H and O–H groups in total. The number of amides is 2. The summed E-state index contributed by atoms with van der Waals surface area (Å²) in [4.78, 5) is 39.6. The number of halogens is 1. The molecule has 3 aromatic rings. The number of hydrogen-bond donors (Lipinski definition) is 1. The van der Waals surface area contributed by atoms with Gasteiger partial charge >= 0.3 is 0 Å². The molecule has 0 saturated heterocycles. The van der Waals surface area contributed by atoms with Gasteiger partial charge in [-0.1, -0.05) is 67.6 Å². The predicted molar refractivity (Wildman–Crippen MR) is 136 cm³/mol. The largest absolute Gasteiger partial charge is 0.352 e. The summed E-state index contributed by atoms with van der Waals surface area (Å²) in [6.07, 6.45) is 0.721. The van der Waals surface area contributed by atoms with Gasteiger partial charge in [0, 0.05) is 30.6 Å². The smallest absolute Gasteiger partial charge is 0.273 e. The Bertz CT molecular complexity index is 1180. The van der Waals surface area contributed by atoms with Crippen LogP contribution < -0.4 is 5.32 Å². The first-order valence-corrected chi connectivity index (χ1v) is 11.9. The summed E-state index contributed by atoms with van der Waals surface area (Å²) in [6, 6.07) is 20.2. The molecule has 36 heavy (non-hydrogen) atoms. The van der Waals surface area contributed by atoms with Gasteiger partial charge in [0.15, 0.2) is 0 Å². The van der Waals surface area contributed by atoms with Gasteiger partial charge in [-0.3, -0.25) is 19.7 Å². The molecule has 3 aromatic carbocycles. The van der Waals surface area contributed by atoms with Crippen molar-refractivity contribution in [2.75, 3.05) is 0 Å². The van der Waals surface area contributed by atoms with E-state index in [0.717, 1.165) is 5.56 Å². The molecule has 0 aliphatic carbocycles. The van der Waals surface area contributed by atoms with Crippen molar-refractivity contribution in [2.45, 2.75) is 51.7 Å². The van der Waals surface area contributed by atoms with Gasteiger partial charge in [0.1, 0.15) is 11.9 Å². The van der Waals surface area contributed by atoms with E-state index in [1.807, 2.05) is 44.2 Å². The van der Waals surface area contributed by atoms with E-state index in [2.05, 4.69) is 5.32 Å². The third-order valence-corrected chi connectivity index (χ3v) is 6.07. The van der Waals surface area contributed by atoms with Crippen LogP contribution in [0.15, 0.2) is 78.9 Å². The van der Waals surface area contributed by atoms with Gasteiger partial charge in [0.05, 0.1) is 11.3 Å². The zero-order valence-corrected chi connectivity index (χ0v) is 20.4. The molecule has 0 aliphatic heterocycles. The van der Waals surface area contributed by atoms with Gasteiger partial charge in [-0.15, -0.1) is 0 Å². The van der Waals surface area contributed by atoms with E-state index >= 15 is 0 Å². The summed E-state index contributed by atoms with van der Waals surface area (Å²) in [5.41, 5.74) is 1.61. The van der Waals surface area contributed by atoms with Crippen molar-refractivity contribution < 1.29 is 18.9 Å². The molecule has 0 bridgehead atoms. The number of hydrogen-bond acceptors (Lipinski definition) is 4. The van der Waals surface area contributed by atoms with Crippen LogP contribution in [-0.2, 0) is 29.0 Å². The Hall–Kier alpha value is -4.07. The Labute approximate surface area is 210 Å². The first-order chi connectivity index (χ1) is 17.3. The fraction of sp³-hybridized carbons (Fsp3) is 0.286. The van der Waals surface area contributed by atoms with Crippen molar-refractivity contribution in [3.05, 3.63) is 111 Å². The molecular formula is C28H30FN3O4. The molecular weight excluding hydrogens is 461 g/mol. The highest BCUT2D eigenvalue weighted by Gasteiger charge is 2.32. The van der Waals surface area contributed by atoms with Gasteiger partial charge in [-0.05, 0) is 36.6 Å². The number of nitro groups is 1. The van der Waals surface area contributed by atoms with E-state index in [4.69, 9.17) is 0 Å². The van der Waals surface area contributed by atoms with Crippen molar-refractivity contribution in [2.24, 2.45) is 0 Å². The molecule has 0 aliphatic rings. The van der Waals surface area contributed by atoms with Crippen molar-refractivity contribution in [3.8, 4) is 0 Å². The highest BCUT2D eigenvalue weighted by Crippen LogP contribution is 2.22. The van der Waals surface area contributed by atoms with Crippen LogP contribution in [0.5, 0.6) is 0 Å². The number of carbonyl (C=O) groups excluding carboxylic acids is 2. The third-order valence-electron chi connectivity index (χ3n) is 6.07. The fourth-order valence-electron chi connectivity index (χ4n) is 3.88. The molecule has 0 aromatic heterocycles. The molecule has 188 valence electrons. The summed E-state index contributed by atoms with van der Waals surface area (Å²) in [6.45, 7) is 3.88. The topological polar surface area (TPSA) is 92.6 Å². The van der Waals surface area contributed by atoms with Crippen LogP contribution in [0.3, 0.4) is 0 Å². The van der Waals surface area contributed by atoms with E-state index in [9.17, 15) is 24.1 Å². The van der Waals surface area contributed by atoms with Crippen LogP contribution in [0.25, 0.3) is 0 Å². The fourth-order valence-corrected chi connectivity index (χ4v) is 3.88. The van der Waals surface area contributed by atoms with E-state index in [1.54, 1.807) is 24.3 Å². The number of nitrogens with one attached hydrogen (secondary N) is 1. The Morgan fingerprint density at radius 3 is 2.25 bits per heavy atom. The monoisotopic (exact) mass is 491 g/mol. The van der Waals surface area contributed by atoms with Crippen LogP contribution in [0, 0.1) is 15.9 Å². The van der Waals surface area contributed by atoms with E-state index in [1.165, 1.54) is 29.2 Å². The highest BCUT2D eigenvalue weighted by atomic mass is 19.1. The summed E-state index contributed by atoms with van der Waals surface area (Å²) in [5.74, 6) is -1.16. The lowest BCUT2D eigenvalue weighted by Crippen LogP contribution is -2.52. The summed E-state index contributed by atoms with van der Waals surface area (Å²) >= 11 is 0. The molecule has 0 radical (unpaired) electrons. The van der Waals surface area contributed by atoms with E-state index in [-0.39, 0.29) is 42.6 Å². The van der Waals surface area contributed by atoms with Crippen molar-refractivity contribution in [1.82, 2.24) is 10.2 Å². The summed E-state index contributed by atoms with van der Waals surface area (Å²) in [5, 5.41) is 14.5. The molecule has 3 rings (SSSR count). The van der Waals surface area contributed by atoms with E-state index < -0.39 is 22.7 Å². The van der Waals surface area contributed by atoms with Crippen LogP contribution >= 0.6 is 0 Å². The summed E-state index contributed by atoms with van der Waals surface area (Å²) < 4.78 is 13.5. The van der Waals surface area contributed by atoms with Gasteiger partial charge < -0.3 is 10.2 Å². The molecule has 0 fully saturated rings. The van der Waals surface area contributed by atoms with Crippen LogP contribution in [0.4, 0.5) is 10.1 Å². The number of carbonyl (C=O) groups is 2. The lowest BCUT2D eigenvalue weighted by Gasteiger charge is -2.32. The quantitative estimate of drug-likeness (QED) is 0.307. The highest BCUT2D eigenvalue weighted by molar-refractivity contribution is 5.89. The van der Waals surface area contributed by atoms with Crippen LogP contribution in [0.2, 0.25) is 0 Å². The lowest BCUT2D eigenvalue weighted by atomic mass is 10.0.